The van der Waals surface area contributed by atoms with Gasteiger partial charge in [-0.3, -0.25) is 6.08 Å². The largest absolute Gasteiger partial charge is 0.397 e. The Labute approximate surface area is 131 Å². The van der Waals surface area contributed by atoms with Crippen molar-refractivity contribution >= 4 is 0 Å². The molecule has 0 unspecified atom stereocenters. The van der Waals surface area contributed by atoms with Gasteiger partial charge in [0.15, 0.2) is 0 Å². The van der Waals surface area contributed by atoms with Crippen molar-refractivity contribution in [3.05, 3.63) is 23.8 Å². The Bertz CT molecular complexity index is 164. The molecule has 0 radical (unpaired) electrons. The van der Waals surface area contributed by atoms with E-state index in [-0.39, 0.29) is 45.7 Å². The second kappa shape index (κ2) is 30.3. The van der Waals surface area contributed by atoms with Crippen LogP contribution in [0.25, 0.3) is 0 Å². The predicted octanol–water partition coefficient (Wildman–Crippen LogP) is 2.47. The minimum Gasteiger partial charge on any atom is -0.397 e. The molecule has 0 aromatic rings. The summed E-state index contributed by atoms with van der Waals surface area (Å²) in [5.74, 6) is 0. The molecule has 3 N–H and O–H groups in total. The molecule has 1 aliphatic carbocycles. The molecule has 1 aliphatic rings. The van der Waals surface area contributed by atoms with Gasteiger partial charge in [-0.2, -0.15) is 6.08 Å². The Hall–Kier alpha value is 0.230. The van der Waals surface area contributed by atoms with Crippen LogP contribution in [0.3, 0.4) is 0 Å². The maximum absolute atomic E-state index is 7.57. The SMILES string of the molecule is CCCC1=[C-]CC=C1.CCO.CCO.CCO.[Hf]. The van der Waals surface area contributed by atoms with E-state index in [2.05, 4.69) is 25.2 Å². The van der Waals surface area contributed by atoms with E-state index >= 15 is 0 Å². The minimum absolute atomic E-state index is 0. The van der Waals surface area contributed by atoms with Crippen LogP contribution < -0.4 is 0 Å². The molecule has 0 aliphatic heterocycles. The number of aliphatic hydroxyl groups excluding tert-OH is 3. The van der Waals surface area contributed by atoms with Gasteiger partial charge in [0, 0.05) is 45.7 Å². The van der Waals surface area contributed by atoms with Crippen LogP contribution in [0.5, 0.6) is 0 Å². The van der Waals surface area contributed by atoms with E-state index in [0.29, 0.717) is 0 Å². The monoisotopic (exact) mass is 425 g/mol. The van der Waals surface area contributed by atoms with Crippen molar-refractivity contribution in [2.24, 2.45) is 0 Å². The van der Waals surface area contributed by atoms with Crippen LogP contribution in [0.15, 0.2) is 17.7 Å². The van der Waals surface area contributed by atoms with Gasteiger partial charge in [-0.15, -0.1) is 6.42 Å². The van der Waals surface area contributed by atoms with Gasteiger partial charge in [-0.05, 0) is 20.8 Å². The molecular formula is C14H29HfO3-. The molecule has 0 aromatic heterocycles. The van der Waals surface area contributed by atoms with Gasteiger partial charge in [-0.25, -0.2) is 11.6 Å². The van der Waals surface area contributed by atoms with Gasteiger partial charge >= 0.3 is 0 Å². The predicted molar refractivity (Wildman–Crippen MR) is 73.7 cm³/mol. The fourth-order valence-corrected chi connectivity index (χ4v) is 0.891. The summed E-state index contributed by atoms with van der Waals surface area (Å²) in [5.41, 5.74) is 1.40. The molecule has 0 spiro atoms. The van der Waals surface area contributed by atoms with Crippen LogP contribution in [-0.2, 0) is 25.8 Å². The van der Waals surface area contributed by atoms with Gasteiger partial charge in [-0.1, -0.05) is 19.8 Å². The van der Waals surface area contributed by atoms with E-state index in [0.717, 1.165) is 6.42 Å². The number of hydrogen-bond acceptors (Lipinski definition) is 3. The topological polar surface area (TPSA) is 60.7 Å². The van der Waals surface area contributed by atoms with Crippen LogP contribution in [0.4, 0.5) is 0 Å². The molecule has 0 fully saturated rings. The molecule has 0 aromatic carbocycles. The Morgan fingerprint density at radius 1 is 1.00 bits per heavy atom. The molecule has 0 atom stereocenters. The number of aliphatic hydroxyl groups is 3. The van der Waals surface area contributed by atoms with Crippen molar-refractivity contribution in [2.45, 2.75) is 47.0 Å². The molecular weight excluding hydrogens is 395 g/mol. The zero-order chi connectivity index (χ0) is 13.9. The molecule has 18 heavy (non-hydrogen) atoms. The molecule has 0 saturated carbocycles. The Balaban J connectivity index is -0.0000000840. The van der Waals surface area contributed by atoms with Crippen molar-refractivity contribution in [1.29, 1.82) is 0 Å². The van der Waals surface area contributed by atoms with Crippen LogP contribution in [0.2, 0.25) is 0 Å². The van der Waals surface area contributed by atoms with Gasteiger partial charge in [0.25, 0.3) is 0 Å². The van der Waals surface area contributed by atoms with E-state index in [1.807, 2.05) is 0 Å². The van der Waals surface area contributed by atoms with Gasteiger partial charge in [0.1, 0.15) is 0 Å². The first-order valence-corrected chi connectivity index (χ1v) is 6.26. The molecule has 1 rings (SSSR count). The number of allylic oxidation sites excluding steroid dienone is 4. The summed E-state index contributed by atoms with van der Waals surface area (Å²) in [6.45, 7) is 7.99. The Kier molecular flexibility index (Phi) is 45.1. The van der Waals surface area contributed by atoms with Gasteiger partial charge in [0.05, 0.1) is 0 Å². The third kappa shape index (κ3) is 36.0. The molecule has 0 bridgehead atoms. The van der Waals surface area contributed by atoms with E-state index in [1.165, 1.54) is 18.4 Å². The summed E-state index contributed by atoms with van der Waals surface area (Å²) >= 11 is 0. The summed E-state index contributed by atoms with van der Waals surface area (Å²) in [7, 11) is 0. The number of hydrogen-bond donors (Lipinski definition) is 3. The standard InChI is InChI=1S/C8H11.3C2H6O.Hf/c1-2-5-8-6-3-4-7-8;3*1-2-3;/h3,6H,2,4-5H2,1H3;3*3H,2H2,1H3;/q-1;;;;. The first kappa shape index (κ1) is 26.7. The van der Waals surface area contributed by atoms with Crippen molar-refractivity contribution in [3.63, 3.8) is 0 Å². The smallest absolute Gasteiger partial charge is 0.0402 e. The van der Waals surface area contributed by atoms with E-state index in [9.17, 15) is 0 Å². The summed E-state index contributed by atoms with van der Waals surface area (Å²) in [5, 5.41) is 22.7. The molecule has 0 saturated heterocycles. The number of rotatable bonds is 2. The molecule has 0 amide bonds. The third-order valence-electron chi connectivity index (χ3n) is 1.29. The minimum atomic E-state index is 0. The first-order valence-electron chi connectivity index (χ1n) is 6.26. The third-order valence-corrected chi connectivity index (χ3v) is 1.29. The van der Waals surface area contributed by atoms with Crippen LogP contribution >= 0.6 is 0 Å². The summed E-state index contributed by atoms with van der Waals surface area (Å²) < 4.78 is 0. The molecule has 3 nitrogen and oxygen atoms in total. The van der Waals surface area contributed by atoms with Crippen LogP contribution in [0.1, 0.15) is 47.0 Å². The maximum atomic E-state index is 7.57. The van der Waals surface area contributed by atoms with Crippen molar-refractivity contribution < 1.29 is 41.2 Å². The van der Waals surface area contributed by atoms with Gasteiger partial charge < -0.3 is 15.3 Å². The van der Waals surface area contributed by atoms with E-state index in [4.69, 9.17) is 15.3 Å². The fourth-order valence-electron chi connectivity index (χ4n) is 0.891. The van der Waals surface area contributed by atoms with Crippen molar-refractivity contribution in [1.82, 2.24) is 0 Å². The zero-order valence-corrected chi connectivity index (χ0v) is 15.8. The van der Waals surface area contributed by atoms with Crippen molar-refractivity contribution in [3.8, 4) is 0 Å². The first-order chi connectivity index (χ1) is 8.17. The average Bonchev–Trinajstić information content (AvgIpc) is 2.75. The molecule has 4 heteroatoms. The second-order valence-corrected chi connectivity index (χ2v) is 3.01. The Morgan fingerprint density at radius 2 is 1.39 bits per heavy atom. The normalized spacial score (nSPS) is 10.5. The molecule has 0 heterocycles. The van der Waals surface area contributed by atoms with Crippen molar-refractivity contribution in [2.75, 3.05) is 19.8 Å². The Morgan fingerprint density at radius 3 is 1.61 bits per heavy atom. The maximum Gasteiger partial charge on any atom is 0.0402 e. The van der Waals surface area contributed by atoms with Crippen LogP contribution in [0, 0.1) is 6.08 Å². The molecule has 108 valence electrons. The average molecular weight is 424 g/mol. The van der Waals surface area contributed by atoms with E-state index < -0.39 is 0 Å². The second-order valence-electron chi connectivity index (χ2n) is 3.01. The zero-order valence-electron chi connectivity index (χ0n) is 12.2. The van der Waals surface area contributed by atoms with Crippen LogP contribution in [-0.4, -0.2) is 35.1 Å². The fraction of sp³-hybridized carbons (Fsp3) is 0.714. The summed E-state index contributed by atoms with van der Waals surface area (Å²) in [4.78, 5) is 0. The van der Waals surface area contributed by atoms with Gasteiger partial charge in [0.2, 0.25) is 0 Å². The quantitative estimate of drug-likeness (QED) is 0.472. The summed E-state index contributed by atoms with van der Waals surface area (Å²) in [6, 6.07) is 0. The summed E-state index contributed by atoms with van der Waals surface area (Å²) in [6.07, 6.45) is 11.1. The van der Waals surface area contributed by atoms with E-state index in [1.54, 1.807) is 20.8 Å².